The Bertz CT molecular complexity index is 1240. The molecule has 0 aromatic heterocycles. The van der Waals surface area contributed by atoms with Crippen molar-refractivity contribution in [3.8, 4) is 0 Å². The molecule has 2 amide bonds. The van der Waals surface area contributed by atoms with Crippen molar-refractivity contribution in [2.24, 2.45) is 0 Å². The number of benzene rings is 2. The lowest BCUT2D eigenvalue weighted by molar-refractivity contribution is -0.141. The Hall–Kier alpha value is -2.43. The summed E-state index contributed by atoms with van der Waals surface area (Å²) in [5.41, 5.74) is -0.349. The molecule has 2 aromatic carbocycles. The first-order valence-electron chi connectivity index (χ1n) is 11.0. The Morgan fingerprint density at radius 3 is 2.19 bits per heavy atom. The van der Waals surface area contributed by atoms with Crippen molar-refractivity contribution in [2.75, 3.05) is 17.1 Å². The van der Waals surface area contributed by atoms with E-state index in [0.29, 0.717) is 21.0 Å². The second-order valence-electron chi connectivity index (χ2n) is 9.29. The molecule has 7 nitrogen and oxygen atoms in total. The van der Waals surface area contributed by atoms with Crippen LogP contribution in [0.25, 0.3) is 0 Å². The van der Waals surface area contributed by atoms with Crippen LogP contribution in [0.4, 0.5) is 14.5 Å². The minimum absolute atomic E-state index is 0.125. The molecule has 2 rings (SSSR count). The van der Waals surface area contributed by atoms with Crippen LogP contribution in [0.5, 0.6) is 0 Å². The SMILES string of the molecule is CC[C@@H](C(=O)NC(C)(C)C)N(Cc1ccc(Cl)cc1Cl)C(=O)CN(c1ccc(F)c(F)c1)S(C)(=O)=O. The summed E-state index contributed by atoms with van der Waals surface area (Å²) in [6, 6.07) is 6.19. The van der Waals surface area contributed by atoms with Gasteiger partial charge < -0.3 is 10.2 Å². The van der Waals surface area contributed by atoms with E-state index in [1.165, 1.54) is 11.0 Å². The van der Waals surface area contributed by atoms with Crippen LogP contribution in [0.2, 0.25) is 10.0 Å². The molecule has 36 heavy (non-hydrogen) atoms. The molecule has 0 aliphatic carbocycles. The van der Waals surface area contributed by atoms with E-state index in [2.05, 4.69) is 5.32 Å². The zero-order valence-electron chi connectivity index (χ0n) is 20.6. The molecule has 0 aliphatic heterocycles. The van der Waals surface area contributed by atoms with Gasteiger partial charge in [-0.15, -0.1) is 0 Å². The summed E-state index contributed by atoms with van der Waals surface area (Å²) < 4.78 is 53.0. The van der Waals surface area contributed by atoms with Crippen LogP contribution in [-0.4, -0.2) is 49.5 Å². The number of nitrogens with one attached hydrogen (secondary N) is 1. The summed E-state index contributed by atoms with van der Waals surface area (Å²) >= 11 is 12.3. The average molecular weight is 564 g/mol. The minimum Gasteiger partial charge on any atom is -0.350 e. The van der Waals surface area contributed by atoms with Crippen LogP contribution in [0.15, 0.2) is 36.4 Å². The number of hydrogen-bond acceptors (Lipinski definition) is 4. The first kappa shape index (κ1) is 29.8. The number of amides is 2. The van der Waals surface area contributed by atoms with Crippen molar-refractivity contribution in [1.29, 1.82) is 0 Å². The molecule has 0 bridgehead atoms. The Balaban J connectivity index is 2.52. The van der Waals surface area contributed by atoms with Gasteiger partial charge in [0.1, 0.15) is 12.6 Å². The highest BCUT2D eigenvalue weighted by Crippen LogP contribution is 2.25. The monoisotopic (exact) mass is 563 g/mol. The maximum Gasteiger partial charge on any atom is 0.244 e. The summed E-state index contributed by atoms with van der Waals surface area (Å²) in [5.74, 6) is -3.62. The number of hydrogen-bond donors (Lipinski definition) is 1. The second-order valence-corrected chi connectivity index (χ2v) is 12.0. The highest BCUT2D eigenvalue weighted by Gasteiger charge is 2.33. The van der Waals surface area contributed by atoms with Crippen molar-refractivity contribution in [3.05, 3.63) is 63.6 Å². The Morgan fingerprint density at radius 2 is 1.69 bits per heavy atom. The van der Waals surface area contributed by atoms with E-state index in [1.807, 2.05) is 0 Å². The predicted octanol–water partition coefficient (Wildman–Crippen LogP) is 4.76. The largest absolute Gasteiger partial charge is 0.350 e. The van der Waals surface area contributed by atoms with Gasteiger partial charge in [-0.2, -0.15) is 0 Å². The third kappa shape index (κ3) is 8.04. The first-order valence-corrected chi connectivity index (χ1v) is 13.6. The molecule has 12 heteroatoms. The van der Waals surface area contributed by atoms with Gasteiger partial charge >= 0.3 is 0 Å². The molecule has 0 heterocycles. The molecular weight excluding hydrogens is 535 g/mol. The number of sulfonamides is 1. The molecule has 0 radical (unpaired) electrons. The third-order valence-corrected chi connectivity index (χ3v) is 6.84. The second kappa shape index (κ2) is 11.7. The van der Waals surface area contributed by atoms with Gasteiger partial charge in [-0.25, -0.2) is 17.2 Å². The van der Waals surface area contributed by atoms with Gasteiger partial charge in [-0.05, 0) is 57.0 Å². The van der Waals surface area contributed by atoms with Gasteiger partial charge in [0.25, 0.3) is 0 Å². The number of nitrogens with zero attached hydrogens (tertiary/aromatic N) is 2. The first-order chi connectivity index (χ1) is 16.5. The van der Waals surface area contributed by atoms with Crippen LogP contribution in [0.1, 0.15) is 39.7 Å². The van der Waals surface area contributed by atoms with E-state index in [4.69, 9.17) is 23.2 Å². The fraction of sp³-hybridized carbons (Fsp3) is 0.417. The summed E-state index contributed by atoms with van der Waals surface area (Å²) in [6.07, 6.45) is 1.05. The molecule has 1 N–H and O–H groups in total. The summed E-state index contributed by atoms with van der Waals surface area (Å²) in [6.45, 7) is 6.19. The quantitative estimate of drug-likeness (QED) is 0.476. The van der Waals surface area contributed by atoms with Gasteiger partial charge in [0.15, 0.2) is 11.6 Å². The number of halogens is 4. The Kier molecular flexibility index (Phi) is 9.72. The fourth-order valence-corrected chi connectivity index (χ4v) is 4.77. The Morgan fingerprint density at radius 1 is 1.06 bits per heavy atom. The van der Waals surface area contributed by atoms with Crippen LogP contribution < -0.4 is 9.62 Å². The van der Waals surface area contributed by atoms with Crippen molar-refractivity contribution < 1.29 is 26.8 Å². The van der Waals surface area contributed by atoms with Crippen LogP contribution in [-0.2, 0) is 26.2 Å². The van der Waals surface area contributed by atoms with Gasteiger partial charge in [0.2, 0.25) is 21.8 Å². The molecule has 0 aliphatic rings. The number of anilines is 1. The van der Waals surface area contributed by atoms with Crippen LogP contribution in [0, 0.1) is 11.6 Å². The summed E-state index contributed by atoms with van der Waals surface area (Å²) in [7, 11) is -4.09. The maximum atomic E-state index is 13.9. The highest BCUT2D eigenvalue weighted by atomic mass is 35.5. The van der Waals surface area contributed by atoms with Crippen LogP contribution >= 0.6 is 23.2 Å². The smallest absolute Gasteiger partial charge is 0.244 e. The van der Waals surface area contributed by atoms with E-state index >= 15 is 0 Å². The van der Waals surface area contributed by atoms with Crippen molar-refractivity contribution in [2.45, 2.75) is 52.2 Å². The molecule has 0 saturated carbocycles. The zero-order valence-corrected chi connectivity index (χ0v) is 22.9. The van der Waals surface area contributed by atoms with Crippen molar-refractivity contribution in [3.63, 3.8) is 0 Å². The van der Waals surface area contributed by atoms with Gasteiger partial charge in [-0.1, -0.05) is 36.2 Å². The number of carbonyl (C=O) groups is 2. The van der Waals surface area contributed by atoms with Gasteiger partial charge in [-0.3, -0.25) is 13.9 Å². The molecule has 0 fully saturated rings. The fourth-order valence-electron chi connectivity index (χ4n) is 3.46. The zero-order chi connectivity index (χ0) is 27.4. The number of carbonyl (C=O) groups excluding carboxylic acids is 2. The molecular formula is C24H29Cl2F2N3O4S. The van der Waals surface area contributed by atoms with E-state index in [0.717, 1.165) is 18.4 Å². The van der Waals surface area contributed by atoms with E-state index in [9.17, 15) is 26.8 Å². The van der Waals surface area contributed by atoms with Gasteiger partial charge in [0, 0.05) is 28.2 Å². The van der Waals surface area contributed by atoms with E-state index < -0.39 is 51.6 Å². The molecule has 0 saturated heterocycles. The number of rotatable bonds is 9. The Labute approximate surface area is 220 Å². The summed E-state index contributed by atoms with van der Waals surface area (Å²) in [4.78, 5) is 27.9. The highest BCUT2D eigenvalue weighted by molar-refractivity contribution is 7.92. The van der Waals surface area contributed by atoms with Crippen molar-refractivity contribution >= 4 is 50.7 Å². The third-order valence-electron chi connectivity index (χ3n) is 5.11. The molecule has 2 aromatic rings. The normalized spacial score (nSPS) is 12.7. The maximum absolute atomic E-state index is 13.9. The topological polar surface area (TPSA) is 86.8 Å². The van der Waals surface area contributed by atoms with Crippen LogP contribution in [0.3, 0.4) is 0 Å². The predicted molar refractivity (Wildman–Crippen MR) is 138 cm³/mol. The van der Waals surface area contributed by atoms with E-state index in [-0.39, 0.29) is 23.7 Å². The molecule has 0 unspecified atom stereocenters. The lowest BCUT2D eigenvalue weighted by Crippen LogP contribution is -2.55. The summed E-state index contributed by atoms with van der Waals surface area (Å²) in [5, 5.41) is 3.47. The standard InChI is InChI=1S/C24H29Cl2F2N3O4S/c1-6-21(23(33)29-24(2,3)4)30(13-15-7-8-16(25)11-18(15)26)22(32)14-31(36(5,34)35)17-9-10-19(27)20(28)12-17/h7-12,21H,6,13-14H2,1-5H3,(H,29,33)/t21-/m0/s1. The van der Waals surface area contributed by atoms with Crippen molar-refractivity contribution in [1.82, 2.24) is 10.2 Å². The van der Waals surface area contributed by atoms with Gasteiger partial charge in [0.05, 0.1) is 11.9 Å². The molecule has 198 valence electrons. The molecule has 0 spiro atoms. The average Bonchev–Trinajstić information content (AvgIpc) is 2.73. The minimum atomic E-state index is -4.09. The molecule has 1 atom stereocenters. The lowest BCUT2D eigenvalue weighted by Gasteiger charge is -2.34. The van der Waals surface area contributed by atoms with E-state index in [1.54, 1.807) is 39.8 Å². The lowest BCUT2D eigenvalue weighted by atomic mass is 10.1.